The molecule has 1 aliphatic heterocycles. The van der Waals surface area contributed by atoms with Crippen LogP contribution in [0.1, 0.15) is 226 Å². The van der Waals surface area contributed by atoms with E-state index >= 15 is 0 Å². The van der Waals surface area contributed by atoms with Crippen molar-refractivity contribution in [3.8, 4) is 0 Å². The largest absolute Gasteiger partial charge is 0.466 e. The third-order valence-electron chi connectivity index (χ3n) is 12.1. The number of amides is 1. The Hall–Kier alpha value is -1.86. The Morgan fingerprint density at radius 3 is 1.55 bits per heavy atom. The van der Waals surface area contributed by atoms with Gasteiger partial charge in [-0.05, 0) is 64.2 Å². The molecule has 1 saturated heterocycles. The lowest BCUT2D eigenvalue weighted by Crippen LogP contribution is -2.60. The Labute approximate surface area is 378 Å². The van der Waals surface area contributed by atoms with E-state index in [1.165, 1.54) is 103 Å². The van der Waals surface area contributed by atoms with E-state index in [4.69, 9.17) is 14.2 Å². The van der Waals surface area contributed by atoms with Gasteiger partial charge in [0, 0.05) is 12.8 Å². The molecule has 364 valence electrons. The zero-order valence-electron chi connectivity index (χ0n) is 39.6. The van der Waals surface area contributed by atoms with E-state index in [-0.39, 0.29) is 18.5 Å². The summed E-state index contributed by atoms with van der Waals surface area (Å²) in [6.45, 7) is 4.23. The third-order valence-corrected chi connectivity index (χ3v) is 12.1. The van der Waals surface area contributed by atoms with E-state index in [0.29, 0.717) is 19.4 Å². The summed E-state index contributed by atoms with van der Waals surface area (Å²) in [7, 11) is 0. The lowest BCUT2D eigenvalue weighted by atomic mass is 9.99. The van der Waals surface area contributed by atoms with Crippen LogP contribution in [0, 0.1) is 0 Å². The van der Waals surface area contributed by atoms with Crippen LogP contribution >= 0.6 is 0 Å². The van der Waals surface area contributed by atoms with Gasteiger partial charge in [-0.1, -0.05) is 173 Å². The first-order chi connectivity index (χ1) is 30.2. The molecule has 1 amide bonds. The summed E-state index contributed by atoms with van der Waals surface area (Å²) in [6, 6.07) is -0.826. The number of hydrogen-bond acceptors (Lipinski definition) is 10. The second-order valence-corrected chi connectivity index (χ2v) is 17.9. The number of nitrogens with one attached hydrogen (secondary N) is 1. The molecule has 11 heteroatoms. The number of hydrogen-bond donors (Lipinski definition) is 6. The van der Waals surface area contributed by atoms with Crippen molar-refractivity contribution < 1.29 is 49.3 Å². The maximum atomic E-state index is 13.0. The molecule has 1 rings (SSSR count). The summed E-state index contributed by atoms with van der Waals surface area (Å²) in [5.74, 6) is -0.256. The maximum Gasteiger partial charge on any atom is 0.305 e. The lowest BCUT2D eigenvalue weighted by molar-refractivity contribution is -0.302. The van der Waals surface area contributed by atoms with Gasteiger partial charge in [-0.3, -0.25) is 9.59 Å². The van der Waals surface area contributed by atoms with Gasteiger partial charge in [0.15, 0.2) is 6.29 Å². The Morgan fingerprint density at radius 1 is 0.581 bits per heavy atom. The number of carbonyl (C=O) groups is 2. The van der Waals surface area contributed by atoms with Gasteiger partial charge in [-0.25, -0.2) is 0 Å². The van der Waals surface area contributed by atoms with Crippen molar-refractivity contribution >= 4 is 11.9 Å². The van der Waals surface area contributed by atoms with Crippen LogP contribution in [-0.2, 0) is 23.8 Å². The van der Waals surface area contributed by atoms with Crippen LogP contribution in [0.3, 0.4) is 0 Å². The first-order valence-electron chi connectivity index (χ1n) is 25.6. The minimum Gasteiger partial charge on any atom is -0.466 e. The standard InChI is InChI=1S/C51H95NO10/c1-3-5-7-9-11-13-17-21-25-29-33-37-44(54)43(42-61-51-50(59)49(58)48(57)45(41-53)62-51)52-46(55)38-34-30-26-22-19-15-16-20-24-28-32-36-40-60-47(56)39-35-31-27-23-18-14-12-10-8-6-4-2/h16,20,33,37,43-45,48-51,53-54,57-59H,3-15,17-19,21-32,34-36,38-42H2,1-2H3,(H,52,55)/b20-16-,37-33+. The van der Waals surface area contributed by atoms with Gasteiger partial charge in [-0.15, -0.1) is 0 Å². The fraction of sp³-hybridized carbons (Fsp3) is 0.882. The highest BCUT2D eigenvalue weighted by molar-refractivity contribution is 5.76. The van der Waals surface area contributed by atoms with Gasteiger partial charge < -0.3 is 45.1 Å². The van der Waals surface area contributed by atoms with Crippen molar-refractivity contribution in [1.29, 1.82) is 0 Å². The summed E-state index contributed by atoms with van der Waals surface area (Å²) in [6.07, 6.45) is 36.8. The second kappa shape index (κ2) is 41.8. The number of ether oxygens (including phenoxy) is 3. The van der Waals surface area contributed by atoms with Crippen LogP contribution in [-0.4, -0.2) is 100 Å². The summed E-state index contributed by atoms with van der Waals surface area (Å²) in [5, 5.41) is 54.1. The fourth-order valence-electron chi connectivity index (χ4n) is 7.90. The number of aliphatic hydroxyl groups excluding tert-OH is 5. The number of rotatable bonds is 43. The first kappa shape index (κ1) is 58.2. The average molecular weight is 882 g/mol. The minimum absolute atomic E-state index is 0.0476. The van der Waals surface area contributed by atoms with Crippen LogP contribution in [0.25, 0.3) is 0 Å². The third kappa shape index (κ3) is 31.9. The van der Waals surface area contributed by atoms with Crippen molar-refractivity contribution in [2.24, 2.45) is 0 Å². The minimum atomic E-state index is -1.58. The van der Waals surface area contributed by atoms with Gasteiger partial charge >= 0.3 is 5.97 Å². The van der Waals surface area contributed by atoms with Crippen LogP contribution in [0.5, 0.6) is 0 Å². The summed E-state index contributed by atoms with van der Waals surface area (Å²) >= 11 is 0. The smallest absolute Gasteiger partial charge is 0.305 e. The summed E-state index contributed by atoms with van der Waals surface area (Å²) < 4.78 is 16.6. The van der Waals surface area contributed by atoms with E-state index in [1.807, 2.05) is 6.08 Å². The molecule has 0 spiro atoms. The molecule has 6 N–H and O–H groups in total. The zero-order valence-corrected chi connectivity index (χ0v) is 39.6. The second-order valence-electron chi connectivity index (χ2n) is 17.9. The molecule has 0 aromatic rings. The normalized spacial score (nSPS) is 20.3. The first-order valence-corrected chi connectivity index (χ1v) is 25.6. The molecule has 1 heterocycles. The quantitative estimate of drug-likeness (QED) is 0.0196. The van der Waals surface area contributed by atoms with Crippen molar-refractivity contribution in [2.45, 2.75) is 269 Å². The van der Waals surface area contributed by atoms with Gasteiger partial charge in [0.25, 0.3) is 0 Å². The summed E-state index contributed by atoms with van der Waals surface area (Å²) in [4.78, 5) is 25.0. The molecule has 1 aliphatic rings. The number of esters is 1. The van der Waals surface area contributed by atoms with E-state index in [2.05, 4.69) is 31.3 Å². The van der Waals surface area contributed by atoms with E-state index in [1.54, 1.807) is 6.08 Å². The number of carbonyl (C=O) groups excluding carboxylic acids is 2. The maximum absolute atomic E-state index is 13.0. The molecule has 0 aromatic heterocycles. The molecule has 7 atom stereocenters. The van der Waals surface area contributed by atoms with Crippen molar-refractivity contribution in [2.75, 3.05) is 19.8 Å². The Balaban J connectivity index is 2.21. The number of allylic oxidation sites excluding steroid dienone is 3. The zero-order chi connectivity index (χ0) is 45.3. The van der Waals surface area contributed by atoms with Crippen LogP contribution in [0.4, 0.5) is 0 Å². The van der Waals surface area contributed by atoms with Crippen LogP contribution in [0.15, 0.2) is 24.3 Å². The van der Waals surface area contributed by atoms with Crippen molar-refractivity contribution in [1.82, 2.24) is 5.32 Å². The molecule has 7 unspecified atom stereocenters. The molecule has 0 bridgehead atoms. The lowest BCUT2D eigenvalue weighted by Gasteiger charge is -2.40. The highest BCUT2D eigenvalue weighted by Gasteiger charge is 2.44. The molecular formula is C51H95NO10. The molecular weight excluding hydrogens is 787 g/mol. The van der Waals surface area contributed by atoms with Gasteiger partial charge in [-0.2, -0.15) is 0 Å². The molecule has 0 radical (unpaired) electrons. The predicted molar refractivity (Wildman–Crippen MR) is 251 cm³/mol. The Morgan fingerprint density at radius 2 is 1.03 bits per heavy atom. The fourth-order valence-corrected chi connectivity index (χ4v) is 7.90. The molecule has 62 heavy (non-hydrogen) atoms. The SMILES string of the molecule is CCCCCCCCCCC/C=C/C(O)C(COC1OC(CO)C(O)C(O)C1O)NC(=O)CCCCCCC/C=C\CCCCCOC(=O)CCCCCCCCCCCCC. The highest BCUT2D eigenvalue weighted by atomic mass is 16.7. The van der Waals surface area contributed by atoms with Crippen LogP contribution in [0.2, 0.25) is 0 Å². The number of unbranched alkanes of at least 4 members (excludes halogenated alkanes) is 27. The van der Waals surface area contributed by atoms with Crippen LogP contribution < -0.4 is 5.32 Å². The van der Waals surface area contributed by atoms with Gasteiger partial charge in [0.1, 0.15) is 24.4 Å². The monoisotopic (exact) mass is 882 g/mol. The molecule has 0 aliphatic carbocycles. The Bertz CT molecular complexity index is 1090. The average Bonchev–Trinajstić information content (AvgIpc) is 3.27. The summed E-state index contributed by atoms with van der Waals surface area (Å²) in [5.41, 5.74) is 0. The topological polar surface area (TPSA) is 175 Å². The van der Waals surface area contributed by atoms with E-state index in [9.17, 15) is 35.1 Å². The van der Waals surface area contributed by atoms with E-state index < -0.39 is 49.5 Å². The number of aliphatic hydroxyl groups is 5. The molecule has 0 saturated carbocycles. The van der Waals surface area contributed by atoms with Gasteiger partial charge in [0.2, 0.25) is 5.91 Å². The van der Waals surface area contributed by atoms with Crippen molar-refractivity contribution in [3.05, 3.63) is 24.3 Å². The predicted octanol–water partition coefficient (Wildman–Crippen LogP) is 10.2. The molecule has 11 nitrogen and oxygen atoms in total. The van der Waals surface area contributed by atoms with E-state index in [0.717, 1.165) is 96.3 Å². The molecule has 0 aromatic carbocycles. The highest BCUT2D eigenvalue weighted by Crippen LogP contribution is 2.23. The molecule has 1 fully saturated rings. The van der Waals surface area contributed by atoms with Crippen molar-refractivity contribution in [3.63, 3.8) is 0 Å². The Kier molecular flexibility index (Phi) is 39.2. The van der Waals surface area contributed by atoms with Gasteiger partial charge in [0.05, 0.1) is 32.0 Å².